The summed E-state index contributed by atoms with van der Waals surface area (Å²) in [5.74, 6) is -0.0519. The van der Waals surface area contributed by atoms with E-state index in [0.29, 0.717) is 5.57 Å². The Morgan fingerprint density at radius 1 is 1.26 bits per heavy atom. The number of hydroxylamine groups is 2. The molecule has 2 atom stereocenters. The fraction of sp³-hybridized carbons (Fsp3) is 0.609. The average Bonchev–Trinajstić information content (AvgIpc) is 2.63. The van der Waals surface area contributed by atoms with Gasteiger partial charge in [0.2, 0.25) is 5.91 Å². The molecule has 150 valence electrons. The third-order valence-corrected chi connectivity index (χ3v) is 5.92. The smallest absolute Gasteiger partial charge is 0.246 e. The second-order valence-corrected chi connectivity index (χ2v) is 8.56. The zero-order valence-corrected chi connectivity index (χ0v) is 17.8. The van der Waals surface area contributed by atoms with Crippen molar-refractivity contribution in [3.63, 3.8) is 0 Å². The second-order valence-electron chi connectivity index (χ2n) is 8.56. The van der Waals surface area contributed by atoms with E-state index in [9.17, 15) is 4.79 Å². The molecule has 1 N–H and O–H groups in total. The maximum atomic E-state index is 12.2. The molecule has 1 amide bonds. The summed E-state index contributed by atoms with van der Waals surface area (Å²) in [5, 5.41) is 5.42. The molecule has 4 heteroatoms. The van der Waals surface area contributed by atoms with Crippen molar-refractivity contribution < 1.29 is 9.63 Å². The van der Waals surface area contributed by atoms with Gasteiger partial charge in [0, 0.05) is 22.7 Å². The fourth-order valence-corrected chi connectivity index (χ4v) is 4.38. The largest absolute Gasteiger partial charge is 0.349 e. The number of rotatable bonds is 7. The molecule has 0 saturated carbocycles. The number of hydrogen-bond acceptors (Lipinski definition) is 3. The molecule has 1 aliphatic heterocycles. The predicted molar refractivity (Wildman–Crippen MR) is 111 cm³/mol. The highest BCUT2D eigenvalue weighted by molar-refractivity contribution is 5.92. The lowest BCUT2D eigenvalue weighted by Gasteiger charge is -2.57. The van der Waals surface area contributed by atoms with Crippen molar-refractivity contribution in [3.8, 4) is 0 Å². The maximum Gasteiger partial charge on any atom is 0.246 e. The van der Waals surface area contributed by atoms with Crippen LogP contribution in [-0.2, 0) is 9.63 Å². The summed E-state index contributed by atoms with van der Waals surface area (Å²) < 4.78 is 0. The predicted octanol–water partition coefficient (Wildman–Crippen LogP) is 5.17. The van der Waals surface area contributed by atoms with Crippen LogP contribution in [0.1, 0.15) is 78.9 Å². The van der Waals surface area contributed by atoms with Crippen molar-refractivity contribution in [3.05, 3.63) is 48.0 Å². The highest BCUT2D eigenvalue weighted by atomic mass is 16.7. The van der Waals surface area contributed by atoms with Crippen LogP contribution in [0.4, 0.5) is 0 Å². The summed E-state index contributed by atoms with van der Waals surface area (Å²) in [6.45, 7) is 16.5. The zero-order chi connectivity index (χ0) is 20.2. The lowest BCUT2D eigenvalue weighted by Crippen LogP contribution is -2.66. The first kappa shape index (κ1) is 21.6. The molecule has 2 rings (SSSR count). The van der Waals surface area contributed by atoms with E-state index in [1.807, 2.05) is 18.2 Å². The van der Waals surface area contributed by atoms with Gasteiger partial charge in [-0.15, -0.1) is 0 Å². The minimum absolute atomic E-state index is 0.0236. The molecule has 1 aliphatic rings. The van der Waals surface area contributed by atoms with E-state index in [-0.39, 0.29) is 29.1 Å². The Kier molecular flexibility index (Phi) is 6.87. The molecule has 1 heterocycles. The molecule has 1 aromatic carbocycles. The molecule has 27 heavy (non-hydrogen) atoms. The monoisotopic (exact) mass is 372 g/mol. The van der Waals surface area contributed by atoms with Crippen molar-refractivity contribution in [2.45, 2.75) is 90.4 Å². The van der Waals surface area contributed by atoms with E-state index < -0.39 is 0 Å². The lowest BCUT2D eigenvalue weighted by molar-refractivity contribution is -0.316. The molecule has 1 saturated heterocycles. The number of hydrogen-bond donors (Lipinski definition) is 1. The Bertz CT molecular complexity index is 650. The minimum Gasteiger partial charge on any atom is -0.349 e. The van der Waals surface area contributed by atoms with Gasteiger partial charge >= 0.3 is 0 Å². The Morgan fingerprint density at radius 2 is 1.85 bits per heavy atom. The van der Waals surface area contributed by atoms with Crippen molar-refractivity contribution in [1.29, 1.82) is 0 Å². The summed E-state index contributed by atoms with van der Waals surface area (Å²) in [6.07, 6.45) is 3.63. The molecule has 0 spiro atoms. The first-order chi connectivity index (χ1) is 12.6. The number of carbonyl (C=O) groups excluding carboxylic acids is 1. The van der Waals surface area contributed by atoms with Gasteiger partial charge in [-0.2, -0.15) is 5.06 Å². The fourth-order valence-electron chi connectivity index (χ4n) is 4.38. The van der Waals surface area contributed by atoms with E-state index >= 15 is 0 Å². The summed E-state index contributed by atoms with van der Waals surface area (Å²) in [5.41, 5.74) is 1.42. The minimum atomic E-state index is -0.194. The van der Waals surface area contributed by atoms with Gasteiger partial charge in [-0.3, -0.25) is 9.63 Å². The Hall–Kier alpha value is -1.65. The maximum absolute atomic E-state index is 12.2. The van der Waals surface area contributed by atoms with Crippen LogP contribution in [0, 0.1) is 0 Å². The van der Waals surface area contributed by atoms with Gasteiger partial charge in [-0.05, 0) is 58.9 Å². The quantitative estimate of drug-likeness (QED) is 0.671. The second kappa shape index (κ2) is 8.57. The summed E-state index contributed by atoms with van der Waals surface area (Å²) in [6, 6.07) is 10.5. The van der Waals surface area contributed by atoms with Crippen LogP contribution in [0.2, 0.25) is 0 Å². The van der Waals surface area contributed by atoms with Gasteiger partial charge in [0.25, 0.3) is 0 Å². The van der Waals surface area contributed by atoms with E-state index in [4.69, 9.17) is 4.84 Å². The summed E-state index contributed by atoms with van der Waals surface area (Å²) in [7, 11) is 0. The van der Waals surface area contributed by atoms with Crippen LogP contribution < -0.4 is 5.32 Å². The first-order valence-corrected chi connectivity index (χ1v) is 10.1. The van der Waals surface area contributed by atoms with E-state index in [0.717, 1.165) is 25.7 Å². The van der Waals surface area contributed by atoms with Gasteiger partial charge in [0.15, 0.2) is 0 Å². The number of nitrogens with one attached hydrogen (secondary N) is 1. The number of piperidine rings is 1. The first-order valence-electron chi connectivity index (χ1n) is 10.1. The standard InChI is InChI=1S/C23H36N2O2/c1-8-23(9-2)16-20(24-21(26)17(3)4)15-22(6,7)25(23)27-18(5)19-13-11-10-12-14-19/h10-14,18,20H,3,8-9,15-16H2,1-2,4-7H3,(H,24,26). The van der Waals surface area contributed by atoms with Gasteiger partial charge in [0.1, 0.15) is 6.10 Å². The normalized spacial score (nSPS) is 22.8. The van der Waals surface area contributed by atoms with Crippen LogP contribution in [0.25, 0.3) is 0 Å². The van der Waals surface area contributed by atoms with Crippen molar-refractivity contribution >= 4 is 5.91 Å². The molecule has 0 radical (unpaired) electrons. The van der Waals surface area contributed by atoms with Gasteiger partial charge in [-0.25, -0.2) is 0 Å². The summed E-state index contributed by atoms with van der Waals surface area (Å²) in [4.78, 5) is 18.8. The average molecular weight is 373 g/mol. The van der Waals surface area contributed by atoms with E-state index in [1.165, 1.54) is 5.56 Å². The molecule has 0 bridgehead atoms. The number of amides is 1. The molecule has 4 nitrogen and oxygen atoms in total. The molecular weight excluding hydrogens is 336 g/mol. The molecular formula is C23H36N2O2. The van der Waals surface area contributed by atoms with Crippen LogP contribution in [0.3, 0.4) is 0 Å². The highest BCUT2D eigenvalue weighted by Gasteiger charge is 2.50. The van der Waals surface area contributed by atoms with Crippen LogP contribution in [0.5, 0.6) is 0 Å². The van der Waals surface area contributed by atoms with Gasteiger partial charge in [0.05, 0.1) is 0 Å². The van der Waals surface area contributed by atoms with E-state index in [1.54, 1.807) is 6.92 Å². The van der Waals surface area contributed by atoms with Crippen LogP contribution in [-0.4, -0.2) is 28.1 Å². The van der Waals surface area contributed by atoms with Crippen LogP contribution >= 0.6 is 0 Å². The molecule has 1 aromatic rings. The topological polar surface area (TPSA) is 41.6 Å². The van der Waals surface area contributed by atoms with Crippen molar-refractivity contribution in [1.82, 2.24) is 10.4 Å². The Balaban J connectivity index is 2.27. The summed E-state index contributed by atoms with van der Waals surface area (Å²) >= 11 is 0. The highest BCUT2D eigenvalue weighted by Crippen LogP contribution is 2.44. The van der Waals surface area contributed by atoms with Crippen molar-refractivity contribution in [2.75, 3.05) is 0 Å². The molecule has 2 unspecified atom stereocenters. The Labute approximate surface area is 164 Å². The zero-order valence-electron chi connectivity index (χ0n) is 17.8. The number of nitrogens with zero attached hydrogens (tertiary/aromatic N) is 1. The van der Waals surface area contributed by atoms with Gasteiger partial charge in [-0.1, -0.05) is 50.8 Å². The number of carbonyl (C=O) groups is 1. The van der Waals surface area contributed by atoms with Gasteiger partial charge < -0.3 is 5.32 Å². The molecule has 0 aliphatic carbocycles. The third kappa shape index (κ3) is 4.80. The lowest BCUT2D eigenvalue weighted by atomic mass is 9.74. The van der Waals surface area contributed by atoms with Crippen LogP contribution in [0.15, 0.2) is 42.5 Å². The number of benzene rings is 1. The molecule has 1 fully saturated rings. The third-order valence-electron chi connectivity index (χ3n) is 5.92. The molecule has 0 aromatic heterocycles. The SMILES string of the molecule is C=C(C)C(=O)NC1CC(C)(C)N(OC(C)c2ccccc2)C(CC)(CC)C1. The van der Waals surface area contributed by atoms with Crippen molar-refractivity contribution in [2.24, 2.45) is 0 Å². The Morgan fingerprint density at radius 3 is 2.37 bits per heavy atom. The van der Waals surface area contributed by atoms with E-state index in [2.05, 4.69) is 63.7 Å².